The maximum absolute atomic E-state index is 11.0. The fraction of sp³-hybridized carbons (Fsp3) is 0.857. The molecule has 0 aromatic heterocycles. The van der Waals surface area contributed by atoms with Crippen LogP contribution in [0.5, 0.6) is 0 Å². The summed E-state index contributed by atoms with van der Waals surface area (Å²) in [6.07, 6.45) is 0. The fourth-order valence-corrected chi connectivity index (χ4v) is 1.82. The summed E-state index contributed by atoms with van der Waals surface area (Å²) in [6, 6.07) is 0. The first kappa shape index (κ1) is 6.16. The van der Waals surface area contributed by atoms with Crippen molar-refractivity contribution in [2.45, 2.75) is 0 Å². The molecule has 3 nitrogen and oxygen atoms in total. The Morgan fingerprint density at radius 3 is 3.10 bits per heavy atom. The van der Waals surface area contributed by atoms with Gasteiger partial charge in [-0.2, -0.15) is 0 Å². The van der Waals surface area contributed by atoms with E-state index in [4.69, 9.17) is 4.74 Å². The topological polar surface area (TPSA) is 29.5 Å². The molecule has 2 aliphatic heterocycles. The van der Waals surface area contributed by atoms with Gasteiger partial charge in [-0.1, -0.05) is 0 Å². The molecule has 10 heavy (non-hydrogen) atoms. The molecule has 0 aromatic carbocycles. The third-order valence-corrected chi connectivity index (χ3v) is 2.37. The number of carbonyl (C=O) groups is 1. The molecule has 0 aromatic rings. The van der Waals surface area contributed by atoms with Crippen molar-refractivity contribution < 1.29 is 9.53 Å². The van der Waals surface area contributed by atoms with Gasteiger partial charge in [0.15, 0.2) is 0 Å². The van der Waals surface area contributed by atoms with Crippen LogP contribution < -0.4 is 0 Å². The van der Waals surface area contributed by atoms with Gasteiger partial charge in [-0.05, 0) is 7.05 Å². The average molecular weight is 141 g/mol. The number of nitrogens with zero attached hydrogens (tertiary/aromatic N) is 1. The minimum atomic E-state index is 0.00866. The Balaban J connectivity index is 2.12. The van der Waals surface area contributed by atoms with Gasteiger partial charge in [0.2, 0.25) is 0 Å². The molecule has 2 aliphatic rings. The number of hydrogen-bond acceptors (Lipinski definition) is 3. The highest BCUT2D eigenvalue weighted by Gasteiger charge is 2.42. The van der Waals surface area contributed by atoms with E-state index in [9.17, 15) is 4.79 Å². The van der Waals surface area contributed by atoms with E-state index in [2.05, 4.69) is 4.90 Å². The summed E-state index contributed by atoms with van der Waals surface area (Å²) in [5.41, 5.74) is 0. The van der Waals surface area contributed by atoms with E-state index in [1.165, 1.54) is 0 Å². The van der Waals surface area contributed by atoms with Crippen molar-refractivity contribution in [3.05, 3.63) is 0 Å². The smallest absolute Gasteiger partial charge is 0.310 e. The standard InChI is InChI=1S/C7H11NO2/c1-8-2-5-4-10-7(9)6(5)3-8/h5-6H,2-4H2,1H3. The van der Waals surface area contributed by atoms with Crippen molar-refractivity contribution in [2.75, 3.05) is 26.7 Å². The predicted molar refractivity (Wildman–Crippen MR) is 35.4 cm³/mol. The zero-order valence-corrected chi connectivity index (χ0v) is 6.04. The van der Waals surface area contributed by atoms with Gasteiger partial charge in [-0.3, -0.25) is 4.79 Å². The van der Waals surface area contributed by atoms with Crippen molar-refractivity contribution in [1.82, 2.24) is 4.90 Å². The molecular formula is C7H11NO2. The number of carbonyl (C=O) groups excluding carboxylic acids is 1. The number of likely N-dealkylation sites (tertiary alicyclic amines) is 1. The second-order valence-corrected chi connectivity index (χ2v) is 3.22. The van der Waals surface area contributed by atoms with Crippen LogP contribution in [-0.4, -0.2) is 37.6 Å². The van der Waals surface area contributed by atoms with Crippen LogP contribution in [0.1, 0.15) is 0 Å². The number of cyclic esters (lactones) is 1. The van der Waals surface area contributed by atoms with E-state index in [1.54, 1.807) is 0 Å². The number of ether oxygens (including phenoxy) is 1. The molecule has 0 amide bonds. The Morgan fingerprint density at radius 1 is 1.60 bits per heavy atom. The van der Waals surface area contributed by atoms with Gasteiger partial charge < -0.3 is 9.64 Å². The number of fused-ring (bicyclic) bond motifs is 1. The summed E-state index contributed by atoms with van der Waals surface area (Å²) >= 11 is 0. The predicted octanol–water partition coefficient (Wildman–Crippen LogP) is -0.279. The first-order valence-electron chi connectivity index (χ1n) is 3.62. The summed E-state index contributed by atoms with van der Waals surface area (Å²) in [5.74, 6) is 0.678. The van der Waals surface area contributed by atoms with Crippen molar-refractivity contribution in [3.8, 4) is 0 Å². The molecule has 0 radical (unpaired) electrons. The van der Waals surface area contributed by atoms with Crippen LogP contribution in [0.3, 0.4) is 0 Å². The van der Waals surface area contributed by atoms with Crippen molar-refractivity contribution in [2.24, 2.45) is 11.8 Å². The summed E-state index contributed by atoms with van der Waals surface area (Å²) < 4.78 is 4.90. The number of hydrogen-bond donors (Lipinski definition) is 0. The minimum Gasteiger partial charge on any atom is -0.465 e. The van der Waals surface area contributed by atoms with Crippen molar-refractivity contribution in [1.29, 1.82) is 0 Å². The van der Waals surface area contributed by atoms with E-state index < -0.39 is 0 Å². The lowest BCUT2D eigenvalue weighted by molar-refractivity contribution is -0.141. The zero-order valence-electron chi connectivity index (χ0n) is 6.04. The lowest BCUT2D eigenvalue weighted by atomic mass is 10.0. The highest BCUT2D eigenvalue weighted by Crippen LogP contribution is 2.28. The molecule has 0 aliphatic carbocycles. The molecule has 2 rings (SSSR count). The summed E-state index contributed by atoms with van der Waals surface area (Å²) in [4.78, 5) is 13.1. The SMILES string of the molecule is CN1CC2COC(=O)C2C1. The van der Waals surface area contributed by atoms with Gasteiger partial charge in [0.1, 0.15) is 0 Å². The molecule has 56 valence electrons. The molecule has 2 atom stereocenters. The number of esters is 1. The molecule has 2 heterocycles. The van der Waals surface area contributed by atoms with Crippen molar-refractivity contribution >= 4 is 5.97 Å². The highest BCUT2D eigenvalue weighted by atomic mass is 16.5. The van der Waals surface area contributed by atoms with Crippen LogP contribution in [0, 0.1) is 11.8 Å². The maximum Gasteiger partial charge on any atom is 0.310 e. The molecule has 0 bridgehead atoms. The number of rotatable bonds is 0. The van der Waals surface area contributed by atoms with Crippen LogP contribution in [0.2, 0.25) is 0 Å². The molecule has 2 saturated heterocycles. The second-order valence-electron chi connectivity index (χ2n) is 3.22. The van der Waals surface area contributed by atoms with Crippen LogP contribution in [0.4, 0.5) is 0 Å². The van der Waals surface area contributed by atoms with Gasteiger partial charge in [0.25, 0.3) is 0 Å². The Kier molecular flexibility index (Phi) is 1.20. The lowest BCUT2D eigenvalue weighted by Gasteiger charge is -2.07. The third-order valence-electron chi connectivity index (χ3n) is 2.37. The first-order chi connectivity index (χ1) is 4.77. The minimum absolute atomic E-state index is 0.00866. The van der Waals surface area contributed by atoms with Crippen LogP contribution in [-0.2, 0) is 9.53 Å². The maximum atomic E-state index is 11.0. The van der Waals surface area contributed by atoms with Crippen LogP contribution in [0.15, 0.2) is 0 Å². The Morgan fingerprint density at radius 2 is 2.40 bits per heavy atom. The van der Waals surface area contributed by atoms with E-state index in [1.807, 2.05) is 7.05 Å². The summed E-state index contributed by atoms with van der Waals surface area (Å²) in [7, 11) is 2.05. The van der Waals surface area contributed by atoms with Gasteiger partial charge in [0.05, 0.1) is 12.5 Å². The molecule has 0 spiro atoms. The molecule has 2 unspecified atom stereocenters. The van der Waals surface area contributed by atoms with E-state index in [0.29, 0.717) is 12.5 Å². The molecule has 3 heteroatoms. The van der Waals surface area contributed by atoms with Gasteiger partial charge in [-0.25, -0.2) is 0 Å². The first-order valence-corrected chi connectivity index (χ1v) is 3.62. The molecule has 0 saturated carbocycles. The monoisotopic (exact) mass is 141 g/mol. The normalized spacial score (nSPS) is 39.9. The molecule has 0 N–H and O–H groups in total. The average Bonchev–Trinajstić information content (AvgIpc) is 2.35. The zero-order chi connectivity index (χ0) is 7.14. The fourth-order valence-electron chi connectivity index (χ4n) is 1.82. The van der Waals surface area contributed by atoms with E-state index in [-0.39, 0.29) is 11.9 Å². The quantitative estimate of drug-likeness (QED) is 0.434. The molecular weight excluding hydrogens is 130 g/mol. The Hall–Kier alpha value is -0.570. The summed E-state index contributed by atoms with van der Waals surface area (Å²) in [6.45, 7) is 2.56. The van der Waals surface area contributed by atoms with Gasteiger partial charge in [-0.15, -0.1) is 0 Å². The second kappa shape index (κ2) is 1.95. The van der Waals surface area contributed by atoms with E-state index in [0.717, 1.165) is 13.1 Å². The summed E-state index contributed by atoms with van der Waals surface area (Å²) in [5, 5.41) is 0. The Bertz CT molecular complexity index is 169. The van der Waals surface area contributed by atoms with Gasteiger partial charge in [0, 0.05) is 19.0 Å². The Labute approximate surface area is 60.0 Å². The highest BCUT2D eigenvalue weighted by molar-refractivity contribution is 5.75. The largest absolute Gasteiger partial charge is 0.465 e. The van der Waals surface area contributed by atoms with Crippen LogP contribution in [0.25, 0.3) is 0 Å². The van der Waals surface area contributed by atoms with Crippen LogP contribution >= 0.6 is 0 Å². The van der Waals surface area contributed by atoms with E-state index >= 15 is 0 Å². The molecule has 2 fully saturated rings. The third kappa shape index (κ3) is 0.736. The lowest BCUT2D eigenvalue weighted by Crippen LogP contribution is -2.18. The van der Waals surface area contributed by atoms with Gasteiger partial charge >= 0.3 is 5.97 Å². The van der Waals surface area contributed by atoms with Crippen molar-refractivity contribution in [3.63, 3.8) is 0 Å².